The van der Waals surface area contributed by atoms with E-state index in [4.69, 9.17) is 11.6 Å². The maximum Gasteiger partial charge on any atom is 0.471 e. The van der Waals surface area contributed by atoms with Crippen LogP contribution >= 0.6 is 11.6 Å². The Kier molecular flexibility index (Phi) is 8.57. The Morgan fingerprint density at radius 1 is 1.06 bits per heavy atom. The third-order valence-electron chi connectivity index (χ3n) is 5.68. The molecule has 0 aliphatic carbocycles. The average molecular weight is 497 g/mol. The number of nitrogens with one attached hydrogen (secondary N) is 1. The SMILES string of the molecule is CN(C)CCN(Cc1ccccc1Cl)C(=O)CN(C(=O)C(F)(F)F)c1cccc2c1CCNC2. The van der Waals surface area contributed by atoms with Gasteiger partial charge in [0.1, 0.15) is 6.54 Å². The fraction of sp³-hybridized carbons (Fsp3) is 0.417. The minimum Gasteiger partial charge on any atom is -0.335 e. The summed E-state index contributed by atoms with van der Waals surface area (Å²) in [5.74, 6) is -2.65. The van der Waals surface area contributed by atoms with E-state index in [1.807, 2.05) is 25.1 Å². The zero-order chi connectivity index (χ0) is 24.9. The molecule has 0 saturated heterocycles. The van der Waals surface area contributed by atoms with E-state index in [0.717, 1.165) is 5.56 Å². The summed E-state index contributed by atoms with van der Waals surface area (Å²) in [6, 6.07) is 11.9. The highest BCUT2D eigenvalue weighted by molar-refractivity contribution is 6.31. The lowest BCUT2D eigenvalue weighted by molar-refractivity contribution is -0.170. The van der Waals surface area contributed by atoms with E-state index in [9.17, 15) is 22.8 Å². The number of benzene rings is 2. The standard InChI is InChI=1S/C24H28ClF3N4O2/c1-30(2)12-13-31(15-18-6-3-4-8-20(18)25)22(33)16-32(23(34)24(26,27)28)21-9-5-7-17-14-29-11-10-19(17)21/h3-9,29H,10-16H2,1-2H3. The third kappa shape index (κ3) is 6.49. The van der Waals surface area contributed by atoms with E-state index in [1.165, 1.54) is 11.0 Å². The topological polar surface area (TPSA) is 55.9 Å². The van der Waals surface area contributed by atoms with Crippen LogP contribution in [-0.4, -0.2) is 68.1 Å². The Morgan fingerprint density at radius 2 is 1.79 bits per heavy atom. The fourth-order valence-electron chi connectivity index (χ4n) is 3.86. The van der Waals surface area contributed by atoms with Crippen LogP contribution in [0.5, 0.6) is 0 Å². The van der Waals surface area contributed by atoms with Crippen LogP contribution in [0.25, 0.3) is 0 Å². The van der Waals surface area contributed by atoms with Gasteiger partial charge in [0.25, 0.3) is 0 Å². The largest absolute Gasteiger partial charge is 0.471 e. The zero-order valence-corrected chi connectivity index (χ0v) is 19.9. The minimum absolute atomic E-state index is 0.122. The van der Waals surface area contributed by atoms with E-state index in [-0.39, 0.29) is 18.8 Å². The molecule has 0 bridgehead atoms. The highest BCUT2D eigenvalue weighted by Crippen LogP contribution is 2.30. The quantitative estimate of drug-likeness (QED) is 0.608. The molecule has 2 aromatic carbocycles. The molecule has 1 aliphatic heterocycles. The number of fused-ring (bicyclic) bond motifs is 1. The summed E-state index contributed by atoms with van der Waals surface area (Å²) in [5, 5.41) is 3.62. The van der Waals surface area contributed by atoms with Gasteiger partial charge < -0.3 is 15.1 Å². The van der Waals surface area contributed by atoms with Crippen molar-refractivity contribution < 1.29 is 22.8 Å². The van der Waals surface area contributed by atoms with Gasteiger partial charge in [-0.25, -0.2) is 0 Å². The van der Waals surface area contributed by atoms with Crippen LogP contribution in [0.15, 0.2) is 42.5 Å². The first kappa shape index (κ1) is 26.0. The summed E-state index contributed by atoms with van der Waals surface area (Å²) in [5.41, 5.74) is 2.27. The molecule has 0 radical (unpaired) electrons. The normalized spacial score (nSPS) is 13.5. The smallest absolute Gasteiger partial charge is 0.335 e. The van der Waals surface area contributed by atoms with Crippen molar-refractivity contribution in [3.8, 4) is 0 Å². The highest BCUT2D eigenvalue weighted by Gasteiger charge is 2.44. The summed E-state index contributed by atoms with van der Waals surface area (Å²) in [6.07, 6.45) is -4.65. The lowest BCUT2D eigenvalue weighted by Gasteiger charge is -2.31. The summed E-state index contributed by atoms with van der Waals surface area (Å²) in [7, 11) is 3.67. The number of hydrogen-bond acceptors (Lipinski definition) is 4. The average Bonchev–Trinajstić information content (AvgIpc) is 2.79. The molecule has 1 N–H and O–H groups in total. The van der Waals surface area contributed by atoms with Crippen molar-refractivity contribution in [2.45, 2.75) is 25.7 Å². The molecule has 0 saturated carbocycles. The summed E-state index contributed by atoms with van der Waals surface area (Å²) in [4.78, 5) is 29.7. The molecule has 2 amide bonds. The van der Waals surface area contributed by atoms with Crippen molar-refractivity contribution in [3.05, 3.63) is 64.2 Å². The van der Waals surface area contributed by atoms with Gasteiger partial charge in [0.05, 0.1) is 0 Å². The number of carbonyl (C=O) groups excluding carboxylic acids is 2. The van der Waals surface area contributed by atoms with Gasteiger partial charge in [0, 0.05) is 36.9 Å². The van der Waals surface area contributed by atoms with Gasteiger partial charge >= 0.3 is 12.1 Å². The fourth-order valence-corrected chi connectivity index (χ4v) is 4.06. The Hall–Kier alpha value is -2.62. The monoisotopic (exact) mass is 496 g/mol. The lowest BCUT2D eigenvalue weighted by Crippen LogP contribution is -2.49. The van der Waals surface area contributed by atoms with Gasteiger partial charge in [-0.1, -0.05) is 41.9 Å². The molecule has 0 unspecified atom stereocenters. The molecule has 0 spiro atoms. The Bertz CT molecular complexity index is 1030. The van der Waals surface area contributed by atoms with Crippen LogP contribution in [0.1, 0.15) is 16.7 Å². The maximum absolute atomic E-state index is 13.6. The number of carbonyl (C=O) groups is 2. The van der Waals surface area contributed by atoms with Crippen molar-refractivity contribution in [2.24, 2.45) is 0 Å². The molecule has 0 fully saturated rings. The van der Waals surface area contributed by atoms with E-state index in [2.05, 4.69) is 5.32 Å². The van der Waals surface area contributed by atoms with Crippen LogP contribution in [-0.2, 0) is 29.1 Å². The van der Waals surface area contributed by atoms with E-state index >= 15 is 0 Å². The van der Waals surface area contributed by atoms with E-state index in [0.29, 0.717) is 47.1 Å². The number of rotatable bonds is 8. The number of alkyl halides is 3. The van der Waals surface area contributed by atoms with Crippen molar-refractivity contribution >= 4 is 29.1 Å². The zero-order valence-electron chi connectivity index (χ0n) is 19.2. The number of nitrogens with zero attached hydrogens (tertiary/aromatic N) is 3. The molecule has 34 heavy (non-hydrogen) atoms. The molecule has 184 valence electrons. The van der Waals surface area contributed by atoms with Crippen molar-refractivity contribution in [1.82, 2.24) is 15.1 Å². The predicted molar refractivity (Wildman–Crippen MR) is 126 cm³/mol. The third-order valence-corrected chi connectivity index (χ3v) is 6.04. The van der Waals surface area contributed by atoms with E-state index < -0.39 is 24.5 Å². The molecule has 6 nitrogen and oxygen atoms in total. The molecule has 2 aromatic rings. The lowest BCUT2D eigenvalue weighted by atomic mass is 9.98. The second-order valence-electron chi connectivity index (χ2n) is 8.44. The molecule has 0 atom stereocenters. The van der Waals surface area contributed by atoms with Crippen LogP contribution in [0.4, 0.5) is 18.9 Å². The number of halogens is 4. The number of likely N-dealkylation sites (N-methyl/N-ethyl adjacent to an activating group) is 1. The predicted octanol–water partition coefficient (Wildman–Crippen LogP) is 3.47. The van der Waals surface area contributed by atoms with Crippen molar-refractivity contribution in [2.75, 3.05) is 45.2 Å². The van der Waals surface area contributed by atoms with Gasteiger partial charge in [0.15, 0.2) is 0 Å². The van der Waals surface area contributed by atoms with Crippen molar-refractivity contribution in [3.63, 3.8) is 0 Å². The van der Waals surface area contributed by atoms with E-state index in [1.54, 1.807) is 30.3 Å². The molecule has 10 heteroatoms. The Morgan fingerprint density at radius 3 is 2.47 bits per heavy atom. The summed E-state index contributed by atoms with van der Waals surface area (Å²) in [6.45, 7) is 1.23. The number of amides is 2. The number of hydrogen-bond donors (Lipinski definition) is 1. The van der Waals surface area contributed by atoms with Gasteiger partial charge in [0.2, 0.25) is 5.91 Å². The van der Waals surface area contributed by atoms with Crippen LogP contribution in [0.2, 0.25) is 5.02 Å². The summed E-state index contributed by atoms with van der Waals surface area (Å²) < 4.78 is 40.7. The molecular formula is C24H28ClF3N4O2. The summed E-state index contributed by atoms with van der Waals surface area (Å²) >= 11 is 6.26. The molecule has 1 aliphatic rings. The van der Waals surface area contributed by atoms with Crippen LogP contribution in [0, 0.1) is 0 Å². The molecule has 0 aromatic heterocycles. The maximum atomic E-state index is 13.6. The first-order valence-electron chi connectivity index (χ1n) is 10.9. The highest BCUT2D eigenvalue weighted by atomic mass is 35.5. The van der Waals surface area contributed by atoms with Gasteiger partial charge in [-0.3, -0.25) is 14.5 Å². The van der Waals surface area contributed by atoms with Gasteiger partial charge in [-0.2, -0.15) is 13.2 Å². The second-order valence-corrected chi connectivity index (χ2v) is 8.85. The number of anilines is 1. The first-order valence-corrected chi connectivity index (χ1v) is 11.3. The molecule has 3 rings (SSSR count). The van der Waals surface area contributed by atoms with Crippen LogP contribution < -0.4 is 10.2 Å². The molecular weight excluding hydrogens is 469 g/mol. The van der Waals surface area contributed by atoms with Crippen molar-refractivity contribution in [1.29, 1.82) is 0 Å². The Balaban J connectivity index is 1.93. The van der Waals surface area contributed by atoms with Gasteiger partial charge in [-0.05, 0) is 55.9 Å². The minimum atomic E-state index is -5.12. The van der Waals surface area contributed by atoms with Gasteiger partial charge in [-0.15, -0.1) is 0 Å². The Labute approximate surface area is 202 Å². The molecule has 1 heterocycles. The second kappa shape index (κ2) is 11.2. The first-order chi connectivity index (χ1) is 16.1. The van der Waals surface area contributed by atoms with Crippen LogP contribution in [0.3, 0.4) is 0 Å².